The number of rotatable bonds is 44. The molecule has 0 saturated carbocycles. The highest BCUT2D eigenvalue weighted by Crippen LogP contribution is 2.18. The summed E-state index contributed by atoms with van der Waals surface area (Å²) >= 11 is 0. The van der Waals surface area contributed by atoms with Crippen molar-refractivity contribution in [1.29, 1.82) is 0 Å². The van der Waals surface area contributed by atoms with Gasteiger partial charge in [0.25, 0.3) is 0 Å². The maximum Gasteiger partial charge on any atom is 0.306 e. The fourth-order valence-corrected chi connectivity index (χ4v) is 7.60. The maximum atomic E-state index is 13.1. The average molecular weight is 778 g/mol. The van der Waals surface area contributed by atoms with E-state index in [2.05, 4.69) is 38.2 Å². The Morgan fingerprint density at radius 1 is 0.509 bits per heavy atom. The number of allylic oxidation sites excluding steroid dienone is 2. The Morgan fingerprint density at radius 2 is 0.873 bits per heavy atom. The predicted octanol–water partition coefficient (Wildman–Crippen LogP) is 14.2. The van der Waals surface area contributed by atoms with Crippen LogP contribution in [0.4, 0.5) is 0 Å². The highest BCUT2D eigenvalue weighted by Gasteiger charge is 2.24. The quantitative estimate of drug-likeness (QED) is 0.0325. The van der Waals surface area contributed by atoms with Crippen molar-refractivity contribution < 1.29 is 24.5 Å². The van der Waals surface area contributed by atoms with Gasteiger partial charge < -0.3 is 20.3 Å². The molecule has 0 radical (unpaired) electrons. The lowest BCUT2D eigenvalue weighted by Gasteiger charge is -2.24. The van der Waals surface area contributed by atoms with Crippen molar-refractivity contribution in [2.75, 3.05) is 6.61 Å². The number of esters is 1. The first-order chi connectivity index (χ1) is 27.0. The number of unbranched alkanes of at least 4 members (excludes halogenated alkanes) is 30. The molecule has 326 valence electrons. The molecular formula is C49H95NO5. The molecule has 0 aromatic rings. The number of aliphatic hydroxyl groups is 2. The number of nitrogens with one attached hydrogen (secondary N) is 1. The summed E-state index contributed by atoms with van der Waals surface area (Å²) in [5, 5.41) is 23.7. The Labute approximate surface area is 342 Å². The van der Waals surface area contributed by atoms with Crippen LogP contribution in [0.1, 0.15) is 265 Å². The third kappa shape index (κ3) is 39.2. The monoisotopic (exact) mass is 778 g/mol. The molecule has 6 heteroatoms. The number of aliphatic hydroxyl groups excluding tert-OH is 2. The largest absolute Gasteiger partial charge is 0.462 e. The van der Waals surface area contributed by atoms with E-state index in [1.807, 2.05) is 0 Å². The number of ether oxygens (including phenoxy) is 1. The van der Waals surface area contributed by atoms with Crippen molar-refractivity contribution >= 4 is 11.9 Å². The second kappa shape index (κ2) is 43.7. The van der Waals surface area contributed by atoms with Gasteiger partial charge in [0.05, 0.1) is 25.2 Å². The summed E-state index contributed by atoms with van der Waals surface area (Å²) < 4.78 is 5.89. The van der Waals surface area contributed by atoms with E-state index in [-0.39, 0.29) is 24.9 Å². The van der Waals surface area contributed by atoms with Gasteiger partial charge >= 0.3 is 5.97 Å². The molecule has 3 N–H and O–H groups in total. The van der Waals surface area contributed by atoms with Crippen molar-refractivity contribution in [1.82, 2.24) is 5.32 Å². The van der Waals surface area contributed by atoms with Crippen LogP contribution in [0.5, 0.6) is 0 Å². The summed E-state index contributed by atoms with van der Waals surface area (Å²) in [4.78, 5) is 26.0. The zero-order chi connectivity index (χ0) is 40.3. The number of amides is 1. The second-order valence-electron chi connectivity index (χ2n) is 16.9. The fraction of sp³-hybridized carbons (Fsp3) is 0.918. The predicted molar refractivity (Wildman–Crippen MR) is 237 cm³/mol. The molecule has 0 bridgehead atoms. The molecule has 0 saturated heterocycles. The summed E-state index contributed by atoms with van der Waals surface area (Å²) in [5.74, 6) is -0.482. The Balaban J connectivity index is 4.47. The van der Waals surface area contributed by atoms with Gasteiger partial charge in [0.15, 0.2) is 0 Å². The van der Waals surface area contributed by atoms with Crippen molar-refractivity contribution in [3.63, 3.8) is 0 Å². The highest BCUT2D eigenvalue weighted by atomic mass is 16.5. The molecule has 0 spiro atoms. The molecule has 0 aromatic heterocycles. The van der Waals surface area contributed by atoms with Gasteiger partial charge in [-0.2, -0.15) is 0 Å². The van der Waals surface area contributed by atoms with Gasteiger partial charge in [-0.1, -0.05) is 213 Å². The fourth-order valence-electron chi connectivity index (χ4n) is 7.60. The minimum atomic E-state index is -0.782. The van der Waals surface area contributed by atoms with E-state index in [0.29, 0.717) is 19.3 Å². The maximum absolute atomic E-state index is 13.1. The zero-order valence-corrected chi connectivity index (χ0v) is 37.1. The van der Waals surface area contributed by atoms with E-state index in [1.54, 1.807) is 0 Å². The van der Waals surface area contributed by atoms with Crippen LogP contribution in [0.3, 0.4) is 0 Å². The van der Waals surface area contributed by atoms with E-state index in [0.717, 1.165) is 51.4 Å². The molecule has 6 nitrogen and oxygen atoms in total. The van der Waals surface area contributed by atoms with Gasteiger partial charge in [-0.25, -0.2) is 0 Å². The summed E-state index contributed by atoms with van der Waals surface area (Å²) in [5.41, 5.74) is 0. The molecule has 0 aromatic carbocycles. The van der Waals surface area contributed by atoms with Crippen LogP contribution < -0.4 is 5.32 Å². The smallest absolute Gasteiger partial charge is 0.306 e. The lowest BCUT2D eigenvalue weighted by molar-refractivity contribution is -0.151. The lowest BCUT2D eigenvalue weighted by Crippen LogP contribution is -2.46. The van der Waals surface area contributed by atoms with Gasteiger partial charge in [-0.3, -0.25) is 9.59 Å². The van der Waals surface area contributed by atoms with E-state index in [1.165, 1.54) is 167 Å². The van der Waals surface area contributed by atoms with Crippen LogP contribution in [0.15, 0.2) is 12.2 Å². The first-order valence-electron chi connectivity index (χ1n) is 24.4. The van der Waals surface area contributed by atoms with E-state index >= 15 is 0 Å². The van der Waals surface area contributed by atoms with E-state index < -0.39 is 18.2 Å². The number of carbonyl (C=O) groups is 2. The van der Waals surface area contributed by atoms with E-state index in [9.17, 15) is 19.8 Å². The topological polar surface area (TPSA) is 95.9 Å². The molecule has 0 fully saturated rings. The molecular weight excluding hydrogens is 683 g/mol. The van der Waals surface area contributed by atoms with Crippen molar-refractivity contribution in [2.45, 2.75) is 283 Å². The van der Waals surface area contributed by atoms with Crippen LogP contribution >= 0.6 is 0 Å². The van der Waals surface area contributed by atoms with Crippen molar-refractivity contribution in [3.05, 3.63) is 12.2 Å². The Morgan fingerprint density at radius 3 is 1.29 bits per heavy atom. The minimum absolute atomic E-state index is 0.0776. The van der Waals surface area contributed by atoms with Gasteiger partial charge in [-0.05, 0) is 51.4 Å². The van der Waals surface area contributed by atoms with Crippen molar-refractivity contribution in [3.8, 4) is 0 Å². The molecule has 0 aliphatic carbocycles. The van der Waals surface area contributed by atoms with Crippen LogP contribution in [-0.2, 0) is 14.3 Å². The number of hydrogen-bond donors (Lipinski definition) is 3. The summed E-state index contributed by atoms with van der Waals surface area (Å²) in [6, 6.07) is -0.696. The molecule has 55 heavy (non-hydrogen) atoms. The average Bonchev–Trinajstić information content (AvgIpc) is 3.18. The molecule has 1 amide bonds. The third-order valence-electron chi connectivity index (χ3n) is 11.3. The first-order valence-corrected chi connectivity index (χ1v) is 24.4. The molecule has 0 aliphatic heterocycles. The SMILES string of the molecule is CCCCCCCC/C=C\CCCCCC(=O)OC(CCCCCCCCCCC)CC(=O)NC(CO)C(O)CCCCCCCCCCCCCCCC. The Bertz CT molecular complexity index is 832. The standard InChI is InChI=1S/C49H95NO5/c1-4-7-10-13-16-19-21-23-25-26-29-32-35-38-41-47(52)46(44-51)50-48(53)43-45(40-37-34-31-28-18-15-12-9-6-3)55-49(54)42-39-36-33-30-27-24-22-20-17-14-11-8-5-2/h24,27,45-47,51-52H,4-23,25-26,28-44H2,1-3H3,(H,50,53)/b27-24-. The van der Waals surface area contributed by atoms with Gasteiger partial charge in [0, 0.05) is 6.42 Å². The van der Waals surface area contributed by atoms with Crippen LogP contribution in [-0.4, -0.2) is 46.9 Å². The molecule has 0 heterocycles. The summed E-state index contributed by atoms with van der Waals surface area (Å²) in [6.45, 7) is 6.47. The third-order valence-corrected chi connectivity index (χ3v) is 11.3. The summed E-state index contributed by atoms with van der Waals surface area (Å²) in [6.07, 6.45) is 47.0. The number of carbonyl (C=O) groups excluding carboxylic acids is 2. The lowest BCUT2D eigenvalue weighted by atomic mass is 10.0. The summed E-state index contributed by atoms with van der Waals surface area (Å²) in [7, 11) is 0. The minimum Gasteiger partial charge on any atom is -0.462 e. The van der Waals surface area contributed by atoms with Gasteiger partial charge in [0.2, 0.25) is 5.91 Å². The molecule has 0 rings (SSSR count). The van der Waals surface area contributed by atoms with Gasteiger partial charge in [0.1, 0.15) is 6.10 Å². The van der Waals surface area contributed by atoms with Crippen molar-refractivity contribution in [2.24, 2.45) is 0 Å². The highest BCUT2D eigenvalue weighted by molar-refractivity contribution is 5.77. The number of hydrogen-bond acceptors (Lipinski definition) is 5. The first kappa shape index (κ1) is 53.6. The van der Waals surface area contributed by atoms with Gasteiger partial charge in [-0.15, -0.1) is 0 Å². The molecule has 0 aliphatic rings. The van der Waals surface area contributed by atoms with Crippen LogP contribution in [0, 0.1) is 0 Å². The van der Waals surface area contributed by atoms with E-state index in [4.69, 9.17) is 4.74 Å². The van der Waals surface area contributed by atoms with Crippen LogP contribution in [0.25, 0.3) is 0 Å². The normalized spacial score (nSPS) is 13.3. The Hall–Kier alpha value is -1.40. The zero-order valence-electron chi connectivity index (χ0n) is 37.1. The Kier molecular flexibility index (Phi) is 42.6. The molecule has 3 atom stereocenters. The second-order valence-corrected chi connectivity index (χ2v) is 16.9. The van der Waals surface area contributed by atoms with Crippen LogP contribution in [0.2, 0.25) is 0 Å². The molecule has 3 unspecified atom stereocenters.